The average molecular weight is 408 g/mol. The van der Waals surface area contributed by atoms with Crippen molar-refractivity contribution in [2.45, 2.75) is 181 Å². The predicted octanol–water partition coefficient (Wildman–Crippen LogP) is 11.4. The van der Waals surface area contributed by atoms with Crippen molar-refractivity contribution in [2.24, 2.45) is 0 Å². The van der Waals surface area contributed by atoms with Crippen LogP contribution in [0.4, 0.5) is 0 Å². The summed E-state index contributed by atoms with van der Waals surface area (Å²) in [4.78, 5) is 0. The van der Waals surface area contributed by atoms with Crippen LogP contribution < -0.4 is 0 Å². The van der Waals surface area contributed by atoms with Gasteiger partial charge in [0.15, 0.2) is 0 Å². The van der Waals surface area contributed by atoms with Crippen molar-refractivity contribution in [3.8, 4) is 0 Å². The van der Waals surface area contributed by atoms with Gasteiger partial charge in [-0.1, -0.05) is 181 Å². The Morgan fingerprint density at radius 2 is 0.483 bits per heavy atom. The van der Waals surface area contributed by atoms with E-state index in [1.54, 1.807) is 0 Å². The third-order valence-corrected chi connectivity index (χ3v) is 6.52. The molecular formula is C29H59. The van der Waals surface area contributed by atoms with Gasteiger partial charge in [0.1, 0.15) is 0 Å². The van der Waals surface area contributed by atoms with Crippen LogP contribution in [0.1, 0.15) is 181 Å². The van der Waals surface area contributed by atoms with Crippen LogP contribution in [0.5, 0.6) is 0 Å². The van der Waals surface area contributed by atoms with E-state index in [0.29, 0.717) is 0 Å². The Hall–Kier alpha value is 0. The molecule has 0 spiro atoms. The maximum Gasteiger partial charge on any atom is -0.0386 e. The Kier molecular flexibility index (Phi) is 28.0. The Morgan fingerprint density at radius 3 is 0.793 bits per heavy atom. The zero-order valence-electron chi connectivity index (χ0n) is 21.0. The molecule has 0 aliphatic heterocycles. The van der Waals surface area contributed by atoms with Crippen molar-refractivity contribution < 1.29 is 0 Å². The first-order chi connectivity index (χ1) is 14.4. The molecule has 0 atom stereocenters. The van der Waals surface area contributed by atoms with Crippen LogP contribution in [0.15, 0.2) is 0 Å². The Bertz CT molecular complexity index is 231. The van der Waals surface area contributed by atoms with Crippen LogP contribution in [0.2, 0.25) is 0 Å². The molecule has 0 saturated carbocycles. The fraction of sp³-hybridized carbons (Fsp3) is 0.966. The van der Waals surface area contributed by atoms with Crippen molar-refractivity contribution in [3.63, 3.8) is 0 Å². The molecule has 0 aliphatic carbocycles. The molecule has 0 aromatic carbocycles. The van der Waals surface area contributed by atoms with Gasteiger partial charge in [-0.25, -0.2) is 0 Å². The topological polar surface area (TPSA) is 0 Å². The smallest absolute Gasteiger partial charge is 0.0386 e. The van der Waals surface area contributed by atoms with E-state index >= 15 is 0 Å². The third-order valence-electron chi connectivity index (χ3n) is 6.52. The molecule has 0 heterocycles. The SMILES string of the molecule is CCCCC[CH]CCCCCCCCCCCCCCCCCCCCCCC. The Morgan fingerprint density at radius 1 is 0.276 bits per heavy atom. The normalized spacial score (nSPS) is 11.4. The van der Waals surface area contributed by atoms with E-state index in [1.165, 1.54) is 167 Å². The highest BCUT2D eigenvalue weighted by molar-refractivity contribution is 4.64. The molecular weight excluding hydrogens is 348 g/mol. The average Bonchev–Trinajstić information content (AvgIpc) is 2.74. The summed E-state index contributed by atoms with van der Waals surface area (Å²) in [6.45, 7) is 4.60. The van der Waals surface area contributed by atoms with Crippen LogP contribution in [0, 0.1) is 6.42 Å². The second kappa shape index (κ2) is 28.0. The lowest BCUT2D eigenvalue weighted by Gasteiger charge is -2.04. The van der Waals surface area contributed by atoms with Gasteiger partial charge < -0.3 is 0 Å². The predicted molar refractivity (Wildman–Crippen MR) is 136 cm³/mol. The van der Waals surface area contributed by atoms with Crippen molar-refractivity contribution in [1.29, 1.82) is 0 Å². The van der Waals surface area contributed by atoms with Crippen molar-refractivity contribution in [1.82, 2.24) is 0 Å². The monoisotopic (exact) mass is 407 g/mol. The van der Waals surface area contributed by atoms with Gasteiger partial charge in [0.05, 0.1) is 0 Å². The van der Waals surface area contributed by atoms with E-state index in [-0.39, 0.29) is 0 Å². The summed E-state index contributed by atoms with van der Waals surface area (Å²) in [6, 6.07) is 0. The largest absolute Gasteiger partial charge is 0.0654 e. The van der Waals surface area contributed by atoms with E-state index < -0.39 is 0 Å². The van der Waals surface area contributed by atoms with Crippen LogP contribution in [-0.4, -0.2) is 0 Å². The van der Waals surface area contributed by atoms with Gasteiger partial charge >= 0.3 is 0 Å². The van der Waals surface area contributed by atoms with Crippen LogP contribution in [-0.2, 0) is 0 Å². The molecule has 0 saturated heterocycles. The van der Waals surface area contributed by atoms with Crippen LogP contribution in [0.25, 0.3) is 0 Å². The molecule has 0 N–H and O–H groups in total. The van der Waals surface area contributed by atoms with Gasteiger partial charge in [0, 0.05) is 0 Å². The highest BCUT2D eigenvalue weighted by Gasteiger charge is 1.96. The zero-order valence-corrected chi connectivity index (χ0v) is 21.0. The molecule has 0 aromatic heterocycles. The lowest BCUT2D eigenvalue weighted by molar-refractivity contribution is 0.520. The molecule has 0 nitrogen and oxygen atoms in total. The Balaban J connectivity index is 2.97. The molecule has 0 amide bonds. The van der Waals surface area contributed by atoms with E-state index in [1.807, 2.05) is 0 Å². The van der Waals surface area contributed by atoms with Crippen molar-refractivity contribution >= 4 is 0 Å². The molecule has 29 heavy (non-hydrogen) atoms. The maximum absolute atomic E-state index is 2.53. The van der Waals surface area contributed by atoms with Crippen LogP contribution >= 0.6 is 0 Å². The molecule has 0 bridgehead atoms. The molecule has 0 fully saturated rings. The number of unbranched alkanes of at least 4 members (excludes halogenated alkanes) is 26. The summed E-state index contributed by atoms with van der Waals surface area (Å²) in [7, 11) is 0. The van der Waals surface area contributed by atoms with Gasteiger partial charge in [-0.3, -0.25) is 0 Å². The summed E-state index contributed by atoms with van der Waals surface area (Å²) in [5.74, 6) is 0. The van der Waals surface area contributed by atoms with Gasteiger partial charge in [-0.05, 0) is 6.42 Å². The quantitative estimate of drug-likeness (QED) is 0.125. The standard InChI is InChI=1S/C29H59/c1-3-5-7-9-11-13-15-17-19-21-23-25-27-29-28-26-24-22-20-18-16-14-12-10-8-6-4-2/h11H,3-10,12-29H2,1-2H3. The zero-order chi connectivity index (χ0) is 21.1. The lowest BCUT2D eigenvalue weighted by Crippen LogP contribution is -1.85. The van der Waals surface area contributed by atoms with Crippen molar-refractivity contribution in [3.05, 3.63) is 6.42 Å². The second-order valence-electron chi connectivity index (χ2n) is 9.64. The number of hydrogen-bond acceptors (Lipinski definition) is 0. The fourth-order valence-corrected chi connectivity index (χ4v) is 4.40. The summed E-state index contributed by atoms with van der Waals surface area (Å²) >= 11 is 0. The summed E-state index contributed by atoms with van der Waals surface area (Å²) < 4.78 is 0. The van der Waals surface area contributed by atoms with Gasteiger partial charge in [-0.15, -0.1) is 0 Å². The van der Waals surface area contributed by atoms with Crippen LogP contribution in [0.3, 0.4) is 0 Å². The number of rotatable bonds is 26. The second-order valence-corrected chi connectivity index (χ2v) is 9.64. The summed E-state index contributed by atoms with van der Waals surface area (Å²) in [6.07, 6.45) is 40.4. The highest BCUT2D eigenvalue weighted by atomic mass is 14.0. The van der Waals surface area contributed by atoms with Gasteiger partial charge in [-0.2, -0.15) is 0 Å². The first kappa shape index (κ1) is 29.0. The summed E-state index contributed by atoms with van der Waals surface area (Å²) in [5.41, 5.74) is 0. The van der Waals surface area contributed by atoms with E-state index in [2.05, 4.69) is 20.3 Å². The number of hydrogen-bond donors (Lipinski definition) is 0. The fourth-order valence-electron chi connectivity index (χ4n) is 4.40. The van der Waals surface area contributed by atoms with E-state index in [9.17, 15) is 0 Å². The summed E-state index contributed by atoms with van der Waals surface area (Å²) in [5, 5.41) is 0. The van der Waals surface area contributed by atoms with E-state index in [0.717, 1.165) is 0 Å². The minimum Gasteiger partial charge on any atom is -0.0654 e. The minimum atomic E-state index is 1.35. The minimum absolute atomic E-state index is 1.35. The molecule has 175 valence electrons. The highest BCUT2D eigenvalue weighted by Crippen LogP contribution is 2.15. The molecule has 0 rings (SSSR count). The molecule has 0 unspecified atom stereocenters. The lowest BCUT2D eigenvalue weighted by atomic mass is 10.0. The first-order valence-electron chi connectivity index (χ1n) is 14.2. The molecule has 1 radical (unpaired) electrons. The van der Waals surface area contributed by atoms with Gasteiger partial charge in [0.2, 0.25) is 0 Å². The van der Waals surface area contributed by atoms with E-state index in [4.69, 9.17) is 0 Å². The third kappa shape index (κ3) is 28.0. The molecule has 0 heteroatoms. The van der Waals surface area contributed by atoms with Gasteiger partial charge in [0.25, 0.3) is 0 Å². The first-order valence-corrected chi connectivity index (χ1v) is 14.2. The molecule has 0 aliphatic rings. The van der Waals surface area contributed by atoms with Crippen molar-refractivity contribution in [2.75, 3.05) is 0 Å². The Labute approximate surface area is 187 Å². The maximum atomic E-state index is 2.53. The molecule has 0 aromatic rings.